The first-order valence-corrected chi connectivity index (χ1v) is 11.3. The summed E-state index contributed by atoms with van der Waals surface area (Å²) in [5, 5.41) is 21.4. The van der Waals surface area contributed by atoms with Crippen LogP contribution in [-0.4, -0.2) is 39.4 Å². The topological polar surface area (TPSA) is 80.7 Å². The number of nitrogens with zero attached hydrogens (tertiary/aromatic N) is 3. The predicted molar refractivity (Wildman–Crippen MR) is 121 cm³/mol. The van der Waals surface area contributed by atoms with E-state index in [1.807, 2.05) is 0 Å². The number of rotatable bonds is 4. The molecule has 152 valence electrons. The molecule has 0 bridgehead atoms. The summed E-state index contributed by atoms with van der Waals surface area (Å²) in [6.07, 6.45) is 4.81. The van der Waals surface area contributed by atoms with Gasteiger partial charge in [-0.15, -0.1) is 0 Å². The van der Waals surface area contributed by atoms with Crippen LogP contribution in [0.1, 0.15) is 38.8 Å². The van der Waals surface area contributed by atoms with Crippen LogP contribution in [0.3, 0.4) is 0 Å². The van der Waals surface area contributed by atoms with Gasteiger partial charge in [0.05, 0.1) is 14.9 Å². The number of halogens is 2. The Morgan fingerprint density at radius 1 is 1.41 bits per heavy atom. The number of thioether (sulfide) groups is 1. The molecule has 2 aromatic rings. The van der Waals surface area contributed by atoms with Crippen molar-refractivity contribution in [2.75, 3.05) is 23.3 Å². The van der Waals surface area contributed by atoms with Crippen LogP contribution in [0.25, 0.3) is 5.57 Å². The molecule has 2 aromatic heterocycles. The monoisotopic (exact) mass is 448 g/mol. The van der Waals surface area contributed by atoms with Gasteiger partial charge in [-0.2, -0.15) is 5.10 Å². The number of H-pyrrole nitrogens is 1. The third-order valence-corrected chi connectivity index (χ3v) is 7.69. The van der Waals surface area contributed by atoms with Crippen molar-refractivity contribution >= 4 is 57.2 Å². The largest absolute Gasteiger partial charge is 0.367 e. The smallest absolute Gasteiger partial charge is 0.147 e. The maximum Gasteiger partial charge on any atom is 0.147 e. The molecule has 5 rings (SSSR count). The van der Waals surface area contributed by atoms with Gasteiger partial charge in [0, 0.05) is 36.3 Å². The number of nitrogens with one attached hydrogen (secondary N) is 3. The quantitative estimate of drug-likeness (QED) is 0.578. The van der Waals surface area contributed by atoms with Gasteiger partial charge in [0.1, 0.15) is 22.4 Å². The predicted octanol–water partition coefficient (Wildman–Crippen LogP) is 5.46. The number of hydrogen-bond acceptors (Lipinski definition) is 6. The molecule has 1 aliphatic carbocycles. The van der Waals surface area contributed by atoms with Gasteiger partial charge in [0.15, 0.2) is 0 Å². The Kier molecular flexibility index (Phi) is 4.60. The zero-order valence-electron chi connectivity index (χ0n) is 16.3. The van der Waals surface area contributed by atoms with Crippen molar-refractivity contribution in [3.05, 3.63) is 33.6 Å². The van der Waals surface area contributed by atoms with Crippen LogP contribution in [0.5, 0.6) is 0 Å². The Hall–Kier alpha value is -1.70. The fourth-order valence-corrected chi connectivity index (χ4v) is 6.16. The first-order chi connectivity index (χ1) is 13.9. The van der Waals surface area contributed by atoms with Gasteiger partial charge < -0.3 is 10.2 Å². The molecule has 0 radical (unpaired) electrons. The number of fused-ring (bicyclic) bond motifs is 1. The normalized spacial score (nSPS) is 21.8. The minimum absolute atomic E-state index is 0.342. The zero-order valence-corrected chi connectivity index (χ0v) is 18.6. The number of allylic oxidation sites excluding steroid dienone is 1. The van der Waals surface area contributed by atoms with Crippen LogP contribution >= 0.6 is 35.0 Å². The highest BCUT2D eigenvalue weighted by Crippen LogP contribution is 2.52. The molecule has 0 aromatic carbocycles. The average Bonchev–Trinajstić information content (AvgIpc) is 3.14. The highest BCUT2D eigenvalue weighted by atomic mass is 35.5. The lowest BCUT2D eigenvalue weighted by Crippen LogP contribution is -2.65. The van der Waals surface area contributed by atoms with Crippen molar-refractivity contribution in [1.82, 2.24) is 15.2 Å². The number of aromatic amines is 1. The van der Waals surface area contributed by atoms with E-state index in [1.165, 1.54) is 17.3 Å². The summed E-state index contributed by atoms with van der Waals surface area (Å²) < 4.78 is 0. The van der Waals surface area contributed by atoms with Gasteiger partial charge in [-0.25, -0.2) is 4.98 Å². The number of hydrogen-bond donors (Lipinski definition) is 3. The van der Waals surface area contributed by atoms with E-state index in [9.17, 15) is 0 Å². The van der Waals surface area contributed by atoms with Gasteiger partial charge in [-0.1, -0.05) is 47.5 Å². The lowest BCUT2D eigenvalue weighted by atomic mass is 9.60. The molecule has 1 spiro atoms. The standard InChI is InChI=1S/C20H22Cl2N6S/c1-3-10(2)14-15-16(29-17(14)23)18(27-26-15)25-12-5-20(6-12)8-28(9-20)19-13(22)4-11(21)7-24-19/h4,7,12,23H,3,5-6,8-9H2,1-2H3,(H2,25,26,27)/b14-10-,23-17?. The SMILES string of the molecule is CC/C(C)=C1\C(=N)Sc2c1n[nH]c2NC1CC2(C1)CN(c1ncc(Cl)cc1Cl)C2. The Labute approximate surface area is 184 Å². The fourth-order valence-electron chi connectivity index (χ4n) is 4.63. The van der Waals surface area contributed by atoms with Crippen LogP contribution in [0.15, 0.2) is 22.7 Å². The number of pyridine rings is 1. The van der Waals surface area contributed by atoms with Crippen LogP contribution < -0.4 is 10.2 Å². The molecule has 1 saturated heterocycles. The van der Waals surface area contributed by atoms with Crippen LogP contribution in [0.2, 0.25) is 10.0 Å². The van der Waals surface area contributed by atoms with E-state index in [-0.39, 0.29) is 0 Å². The molecule has 29 heavy (non-hydrogen) atoms. The Balaban J connectivity index is 1.22. The molecule has 4 heterocycles. The second kappa shape index (κ2) is 6.93. The van der Waals surface area contributed by atoms with E-state index in [2.05, 4.69) is 39.2 Å². The lowest BCUT2D eigenvalue weighted by Gasteiger charge is -2.59. The minimum Gasteiger partial charge on any atom is -0.367 e. The molecule has 2 aliphatic heterocycles. The Morgan fingerprint density at radius 2 is 2.17 bits per heavy atom. The van der Waals surface area contributed by atoms with Crippen molar-refractivity contribution in [2.45, 2.75) is 44.0 Å². The lowest BCUT2D eigenvalue weighted by molar-refractivity contribution is 0.0743. The molecular formula is C20H22Cl2N6S. The fraction of sp³-hybridized carbons (Fsp3) is 0.450. The summed E-state index contributed by atoms with van der Waals surface area (Å²) in [5.74, 6) is 1.78. The second-order valence-corrected chi connectivity index (χ2v) is 10.1. The van der Waals surface area contributed by atoms with E-state index in [4.69, 9.17) is 28.6 Å². The summed E-state index contributed by atoms with van der Waals surface area (Å²) in [6, 6.07) is 2.17. The molecular weight excluding hydrogens is 427 g/mol. The maximum absolute atomic E-state index is 8.31. The van der Waals surface area contributed by atoms with Crippen molar-refractivity contribution in [2.24, 2.45) is 5.41 Å². The van der Waals surface area contributed by atoms with Crippen LogP contribution in [0, 0.1) is 10.8 Å². The highest BCUT2D eigenvalue weighted by Gasteiger charge is 2.53. The molecule has 3 N–H and O–H groups in total. The van der Waals surface area contributed by atoms with E-state index >= 15 is 0 Å². The van der Waals surface area contributed by atoms with Gasteiger partial charge in [-0.05, 0) is 32.3 Å². The van der Waals surface area contributed by atoms with Crippen LogP contribution in [-0.2, 0) is 0 Å². The first-order valence-electron chi connectivity index (χ1n) is 9.77. The second-order valence-electron chi connectivity index (χ2n) is 8.28. The third-order valence-electron chi connectivity index (χ3n) is 6.19. The number of anilines is 2. The van der Waals surface area contributed by atoms with E-state index in [0.29, 0.717) is 26.5 Å². The molecule has 6 nitrogen and oxygen atoms in total. The van der Waals surface area contributed by atoms with Gasteiger partial charge >= 0.3 is 0 Å². The molecule has 1 saturated carbocycles. The molecule has 0 amide bonds. The molecule has 0 atom stereocenters. The zero-order chi connectivity index (χ0) is 20.3. The first kappa shape index (κ1) is 19.3. The van der Waals surface area contributed by atoms with Crippen molar-refractivity contribution < 1.29 is 0 Å². The molecule has 9 heteroatoms. The van der Waals surface area contributed by atoms with Gasteiger partial charge in [0.2, 0.25) is 0 Å². The maximum atomic E-state index is 8.31. The summed E-state index contributed by atoms with van der Waals surface area (Å²) in [7, 11) is 0. The van der Waals surface area contributed by atoms with E-state index < -0.39 is 0 Å². The summed E-state index contributed by atoms with van der Waals surface area (Å²) in [4.78, 5) is 7.67. The van der Waals surface area contributed by atoms with E-state index in [0.717, 1.165) is 60.2 Å². The summed E-state index contributed by atoms with van der Waals surface area (Å²) in [6.45, 7) is 6.15. The Morgan fingerprint density at radius 3 is 2.86 bits per heavy atom. The van der Waals surface area contributed by atoms with Crippen LogP contribution in [0.4, 0.5) is 11.6 Å². The minimum atomic E-state index is 0.342. The molecule has 3 aliphatic rings. The van der Waals surface area contributed by atoms with Crippen molar-refractivity contribution in [3.8, 4) is 0 Å². The van der Waals surface area contributed by atoms with Gasteiger partial charge in [-0.3, -0.25) is 10.5 Å². The molecule has 2 fully saturated rings. The molecule has 0 unspecified atom stereocenters. The van der Waals surface area contributed by atoms with E-state index in [1.54, 1.807) is 12.3 Å². The van der Waals surface area contributed by atoms with Crippen molar-refractivity contribution in [1.29, 1.82) is 5.41 Å². The Bertz CT molecular complexity index is 1030. The van der Waals surface area contributed by atoms with Crippen molar-refractivity contribution in [3.63, 3.8) is 0 Å². The summed E-state index contributed by atoms with van der Waals surface area (Å²) in [5.41, 5.74) is 3.47. The number of aromatic nitrogens is 3. The van der Waals surface area contributed by atoms with Gasteiger partial charge in [0.25, 0.3) is 0 Å². The third kappa shape index (κ3) is 3.14. The average molecular weight is 449 g/mol. The highest BCUT2D eigenvalue weighted by molar-refractivity contribution is 8.15. The summed E-state index contributed by atoms with van der Waals surface area (Å²) >= 11 is 13.7.